The molecule has 0 fully saturated rings. The molecule has 0 N–H and O–H groups in total. The van der Waals surface area contributed by atoms with Gasteiger partial charge in [-0.2, -0.15) is 0 Å². The van der Waals surface area contributed by atoms with Gasteiger partial charge in [-0.05, 0) is 0 Å². The van der Waals surface area contributed by atoms with Crippen LogP contribution in [0.3, 0.4) is 0 Å². The van der Waals surface area contributed by atoms with Crippen molar-refractivity contribution in [2.45, 2.75) is 19.5 Å². The molecule has 0 aromatic rings. The van der Waals surface area contributed by atoms with E-state index in [1.165, 1.54) is 6.92 Å². The standard InChI is InChI=1S/C4H5F3.Sn/c1-2-3-4(5,6)7;/h3H2,1H3;. The first-order valence-electron chi connectivity index (χ1n) is 2.02. The first-order chi connectivity index (χ1) is 3.42. The quantitative estimate of drug-likeness (QED) is 0.594. The summed E-state index contributed by atoms with van der Waals surface area (Å²) in [6.07, 6.45) is -4.71. The predicted molar refractivity (Wildman–Crippen MR) is 27.1 cm³/mol. The van der Waals surface area contributed by atoms with Gasteiger partial charge in [0.15, 0.2) is 0 Å². The molecule has 0 aliphatic carbocycles. The van der Waals surface area contributed by atoms with E-state index in [2.05, 4.69) is 0 Å². The molecule has 0 heterocycles. The Bertz CT molecular complexity index is 93.9. The summed E-state index contributed by atoms with van der Waals surface area (Å²) in [6, 6.07) is 0. The molecule has 2 radical (unpaired) electrons. The normalized spacial score (nSPS) is 11.5. The Hall–Kier alpha value is 0.459. The summed E-state index contributed by atoms with van der Waals surface area (Å²) in [5.41, 5.74) is 0. The molecule has 0 aliphatic rings. The fourth-order valence-electron chi connectivity index (χ4n) is 0.301. The van der Waals surface area contributed by atoms with Gasteiger partial charge in [-0.25, -0.2) is 0 Å². The van der Waals surface area contributed by atoms with Crippen LogP contribution < -0.4 is 0 Å². The molecule has 0 saturated heterocycles. The van der Waals surface area contributed by atoms with Crippen molar-refractivity contribution in [2.75, 3.05) is 0 Å². The van der Waals surface area contributed by atoms with E-state index in [4.69, 9.17) is 0 Å². The molecule has 0 amide bonds. The van der Waals surface area contributed by atoms with Gasteiger partial charge in [-0.15, -0.1) is 0 Å². The predicted octanol–water partition coefficient (Wildman–Crippen LogP) is 1.30. The molecule has 4 heteroatoms. The van der Waals surface area contributed by atoms with E-state index in [0.717, 1.165) is 22.1 Å². The minimum atomic E-state index is -3.99. The van der Waals surface area contributed by atoms with Crippen LogP contribution in [-0.2, 0) is 0 Å². The Balaban J connectivity index is 3.55. The number of rotatable bonds is 1. The van der Waals surface area contributed by atoms with E-state index >= 15 is 0 Å². The van der Waals surface area contributed by atoms with Crippen molar-refractivity contribution in [1.29, 1.82) is 0 Å². The molecule has 0 rings (SSSR count). The minimum absolute atomic E-state index is 0.490. The van der Waals surface area contributed by atoms with Crippen LogP contribution >= 0.6 is 0 Å². The van der Waals surface area contributed by atoms with E-state index < -0.39 is 12.6 Å². The van der Waals surface area contributed by atoms with E-state index in [1.54, 1.807) is 0 Å². The Morgan fingerprint density at radius 3 is 1.88 bits per heavy atom. The van der Waals surface area contributed by atoms with Crippen molar-refractivity contribution in [3.8, 4) is 0 Å². The first kappa shape index (κ1) is 8.46. The second-order valence-electron chi connectivity index (χ2n) is 1.57. The molecule has 0 saturated carbocycles. The van der Waals surface area contributed by atoms with E-state index in [0.29, 0.717) is 3.52 Å². The first-order valence-corrected chi connectivity index (χ1v) is 3.45. The Kier molecular flexibility index (Phi) is 3.01. The van der Waals surface area contributed by atoms with Crippen LogP contribution in [0, 0.1) is 0 Å². The van der Waals surface area contributed by atoms with Crippen LogP contribution in [0.2, 0.25) is 0 Å². The fourth-order valence-corrected chi connectivity index (χ4v) is 0.873. The van der Waals surface area contributed by atoms with E-state index in [-0.39, 0.29) is 0 Å². The summed E-state index contributed by atoms with van der Waals surface area (Å²) in [5, 5.41) is 0. The molecule has 0 aliphatic heterocycles. The molecule has 0 spiro atoms. The maximum atomic E-state index is 11.3. The van der Waals surface area contributed by atoms with Gasteiger partial charge in [0.2, 0.25) is 0 Å². The number of alkyl halides is 3. The zero-order valence-electron chi connectivity index (χ0n) is 4.34. The monoisotopic (exact) mass is 230 g/mol. The van der Waals surface area contributed by atoms with Crippen molar-refractivity contribution in [3.63, 3.8) is 0 Å². The van der Waals surface area contributed by atoms with Crippen LogP contribution in [-0.4, -0.2) is 31.7 Å². The van der Waals surface area contributed by atoms with Crippen molar-refractivity contribution >= 4 is 25.6 Å². The molecule has 46 valence electrons. The Labute approximate surface area is 58.6 Å². The van der Waals surface area contributed by atoms with Gasteiger partial charge >= 0.3 is 58.3 Å². The molecule has 0 unspecified atom stereocenters. The zero-order valence-corrected chi connectivity index (χ0v) is 7.20. The topological polar surface area (TPSA) is 0 Å². The Morgan fingerprint density at radius 2 is 1.88 bits per heavy atom. The van der Waals surface area contributed by atoms with Crippen LogP contribution in [0.5, 0.6) is 0 Å². The van der Waals surface area contributed by atoms with Crippen LogP contribution in [0.4, 0.5) is 13.2 Å². The number of hydrogen-bond donors (Lipinski definition) is 0. The SMILES string of the molecule is C[C](=[Sn])CC(F)(F)F. The van der Waals surface area contributed by atoms with Gasteiger partial charge in [0.05, 0.1) is 0 Å². The zero-order chi connectivity index (χ0) is 6.78. The van der Waals surface area contributed by atoms with Crippen molar-refractivity contribution < 1.29 is 13.2 Å². The molecule has 0 nitrogen and oxygen atoms in total. The van der Waals surface area contributed by atoms with Crippen LogP contribution in [0.1, 0.15) is 13.3 Å². The summed E-state index contributed by atoms with van der Waals surface area (Å²) < 4.78 is 34.4. The van der Waals surface area contributed by atoms with Gasteiger partial charge in [0.1, 0.15) is 0 Å². The van der Waals surface area contributed by atoms with Gasteiger partial charge in [-0.3, -0.25) is 0 Å². The number of hydrogen-bond acceptors (Lipinski definition) is 0. The van der Waals surface area contributed by atoms with Crippen molar-refractivity contribution in [3.05, 3.63) is 0 Å². The molecule has 0 aromatic carbocycles. The summed E-state index contributed by atoms with van der Waals surface area (Å²) >= 11 is 0.870. The average molecular weight is 229 g/mol. The molecule has 8 heavy (non-hydrogen) atoms. The Morgan fingerprint density at radius 1 is 1.50 bits per heavy atom. The summed E-state index contributed by atoms with van der Waals surface area (Å²) in [4.78, 5) is 0. The second-order valence-corrected chi connectivity index (χ2v) is 4.01. The third kappa shape index (κ3) is 6.46. The van der Waals surface area contributed by atoms with Crippen LogP contribution in [0.25, 0.3) is 0 Å². The molecule has 0 aromatic heterocycles. The molecule has 0 bridgehead atoms. The summed E-state index contributed by atoms with van der Waals surface area (Å²) in [6.45, 7) is 1.51. The third-order valence-corrected chi connectivity index (χ3v) is 0.970. The van der Waals surface area contributed by atoms with E-state index in [9.17, 15) is 13.2 Å². The maximum absolute atomic E-state index is 11.3. The van der Waals surface area contributed by atoms with Gasteiger partial charge < -0.3 is 0 Å². The van der Waals surface area contributed by atoms with Gasteiger partial charge in [0, 0.05) is 0 Å². The molecular weight excluding hydrogens is 224 g/mol. The number of halogens is 3. The third-order valence-electron chi connectivity index (χ3n) is 0.466. The second kappa shape index (κ2) is 2.84. The van der Waals surface area contributed by atoms with Gasteiger partial charge in [-0.1, -0.05) is 0 Å². The van der Waals surface area contributed by atoms with Crippen molar-refractivity contribution in [1.82, 2.24) is 0 Å². The van der Waals surface area contributed by atoms with Crippen molar-refractivity contribution in [2.24, 2.45) is 0 Å². The average Bonchev–Trinajstić information content (AvgIpc) is 1.21. The van der Waals surface area contributed by atoms with Gasteiger partial charge in [0.25, 0.3) is 0 Å². The van der Waals surface area contributed by atoms with E-state index in [1.807, 2.05) is 0 Å². The molecular formula is C4H5F3Sn. The van der Waals surface area contributed by atoms with Crippen LogP contribution in [0.15, 0.2) is 0 Å². The summed E-state index contributed by atoms with van der Waals surface area (Å²) in [5.74, 6) is 0. The molecule has 0 atom stereocenters. The fraction of sp³-hybridized carbons (Fsp3) is 0.750. The summed E-state index contributed by atoms with van der Waals surface area (Å²) in [7, 11) is 0.